The van der Waals surface area contributed by atoms with Gasteiger partial charge in [-0.1, -0.05) is 0 Å². The maximum absolute atomic E-state index is 10.6. The quantitative estimate of drug-likeness (QED) is 0.443. The van der Waals surface area contributed by atoms with Gasteiger partial charge in [-0.15, -0.1) is 12.3 Å². The highest BCUT2D eigenvalue weighted by molar-refractivity contribution is 5.74. The second-order valence-electron chi connectivity index (χ2n) is 1.68. The van der Waals surface area contributed by atoms with Crippen molar-refractivity contribution in [1.82, 2.24) is 0 Å². The van der Waals surface area contributed by atoms with Crippen LogP contribution in [0.25, 0.3) is 0 Å². The highest BCUT2D eigenvalue weighted by Gasteiger charge is 2.13. The third-order valence-electron chi connectivity index (χ3n) is 0.870. The zero-order valence-corrected chi connectivity index (χ0v) is 5.83. The lowest BCUT2D eigenvalue weighted by Gasteiger charge is -2.04. The monoisotopic (exact) mass is 142 g/mol. The Hall–Kier alpha value is -1.01. The molecule has 0 bridgehead atoms. The standard InChI is InChI=1S/C7H10O3/c1-3-5-6(8)7(9)10-4-2/h1,6,8H,4-5H2,2H3/t6-/m1/s1. The maximum atomic E-state index is 10.6. The number of hydrogen-bond donors (Lipinski definition) is 1. The molecule has 56 valence electrons. The smallest absolute Gasteiger partial charge is 0.335 e. The van der Waals surface area contributed by atoms with E-state index in [4.69, 9.17) is 11.5 Å². The molecule has 0 aromatic carbocycles. The molecule has 0 unspecified atom stereocenters. The minimum absolute atomic E-state index is 0.0127. The van der Waals surface area contributed by atoms with E-state index < -0.39 is 12.1 Å². The van der Waals surface area contributed by atoms with E-state index in [0.717, 1.165) is 0 Å². The van der Waals surface area contributed by atoms with Crippen LogP contribution >= 0.6 is 0 Å². The number of hydrogen-bond acceptors (Lipinski definition) is 3. The van der Waals surface area contributed by atoms with Crippen LogP contribution < -0.4 is 0 Å². The average Bonchev–Trinajstić information content (AvgIpc) is 1.89. The summed E-state index contributed by atoms with van der Waals surface area (Å²) in [7, 11) is 0. The van der Waals surface area contributed by atoms with Gasteiger partial charge in [-0.05, 0) is 6.92 Å². The first kappa shape index (κ1) is 8.99. The molecule has 1 N–H and O–H groups in total. The first-order valence-electron chi connectivity index (χ1n) is 3.00. The lowest BCUT2D eigenvalue weighted by atomic mass is 10.3. The number of carbonyl (C=O) groups excluding carboxylic acids is 1. The predicted molar refractivity (Wildman–Crippen MR) is 36.1 cm³/mol. The topological polar surface area (TPSA) is 46.5 Å². The fourth-order valence-corrected chi connectivity index (χ4v) is 0.433. The molecule has 0 saturated carbocycles. The normalized spacial score (nSPS) is 11.7. The first-order valence-corrected chi connectivity index (χ1v) is 3.00. The Labute approximate surface area is 60.0 Å². The zero-order valence-electron chi connectivity index (χ0n) is 5.83. The van der Waals surface area contributed by atoms with E-state index in [0.29, 0.717) is 0 Å². The van der Waals surface area contributed by atoms with E-state index in [1.807, 2.05) is 0 Å². The molecule has 0 radical (unpaired) electrons. The van der Waals surface area contributed by atoms with Gasteiger partial charge in [-0.2, -0.15) is 0 Å². The van der Waals surface area contributed by atoms with Gasteiger partial charge in [0.15, 0.2) is 6.10 Å². The van der Waals surface area contributed by atoms with Gasteiger partial charge < -0.3 is 9.84 Å². The van der Waals surface area contributed by atoms with Crippen LogP contribution in [-0.4, -0.2) is 23.8 Å². The van der Waals surface area contributed by atoms with E-state index in [-0.39, 0.29) is 13.0 Å². The van der Waals surface area contributed by atoms with Crippen molar-refractivity contribution in [3.63, 3.8) is 0 Å². The molecule has 3 heteroatoms. The summed E-state index contributed by atoms with van der Waals surface area (Å²) >= 11 is 0. The lowest BCUT2D eigenvalue weighted by molar-refractivity contribution is -0.152. The number of carbonyl (C=O) groups is 1. The summed E-state index contributed by atoms with van der Waals surface area (Å²) in [6.45, 7) is 1.93. The van der Waals surface area contributed by atoms with Crippen molar-refractivity contribution in [2.75, 3.05) is 6.61 Å². The highest BCUT2D eigenvalue weighted by atomic mass is 16.5. The zero-order chi connectivity index (χ0) is 7.98. The molecule has 0 saturated heterocycles. The summed E-state index contributed by atoms with van der Waals surface area (Å²) < 4.78 is 4.47. The maximum Gasteiger partial charge on any atom is 0.335 e. The molecule has 10 heavy (non-hydrogen) atoms. The second-order valence-corrected chi connectivity index (χ2v) is 1.68. The largest absolute Gasteiger partial charge is 0.464 e. The first-order chi connectivity index (χ1) is 4.72. The number of esters is 1. The summed E-state index contributed by atoms with van der Waals surface area (Å²) in [5.74, 6) is 1.50. The minimum atomic E-state index is -1.16. The van der Waals surface area contributed by atoms with Gasteiger partial charge in [0, 0.05) is 6.42 Å². The van der Waals surface area contributed by atoms with Crippen molar-refractivity contribution in [1.29, 1.82) is 0 Å². The Morgan fingerprint density at radius 1 is 1.90 bits per heavy atom. The van der Waals surface area contributed by atoms with Crippen molar-refractivity contribution in [3.05, 3.63) is 0 Å². The number of ether oxygens (including phenoxy) is 1. The van der Waals surface area contributed by atoms with Gasteiger partial charge >= 0.3 is 5.97 Å². The molecule has 0 aliphatic rings. The van der Waals surface area contributed by atoms with E-state index in [9.17, 15) is 4.79 Å². The van der Waals surface area contributed by atoms with Crippen LogP contribution in [0.1, 0.15) is 13.3 Å². The van der Waals surface area contributed by atoms with Gasteiger partial charge in [0.05, 0.1) is 6.61 Å². The van der Waals surface area contributed by atoms with Crippen LogP contribution in [0, 0.1) is 12.3 Å². The second kappa shape index (κ2) is 4.83. The molecule has 0 aliphatic heterocycles. The van der Waals surface area contributed by atoms with Crippen LogP contribution in [0.5, 0.6) is 0 Å². The fraction of sp³-hybridized carbons (Fsp3) is 0.571. The number of rotatable bonds is 3. The highest BCUT2D eigenvalue weighted by Crippen LogP contribution is 1.92. The van der Waals surface area contributed by atoms with Crippen LogP contribution in [0.2, 0.25) is 0 Å². The molecule has 0 aliphatic carbocycles. The molecule has 0 spiro atoms. The molecule has 0 aromatic rings. The number of aliphatic hydroxyl groups excluding tert-OH is 1. The van der Waals surface area contributed by atoms with Crippen LogP contribution in [0.3, 0.4) is 0 Å². The molecule has 0 fully saturated rings. The summed E-state index contributed by atoms with van der Waals surface area (Å²) in [5.41, 5.74) is 0. The minimum Gasteiger partial charge on any atom is -0.464 e. The number of terminal acetylenes is 1. The molecule has 0 heterocycles. The van der Waals surface area contributed by atoms with E-state index in [1.54, 1.807) is 6.92 Å². The average molecular weight is 142 g/mol. The third-order valence-corrected chi connectivity index (χ3v) is 0.870. The van der Waals surface area contributed by atoms with Crippen LogP contribution in [-0.2, 0) is 9.53 Å². The molecular weight excluding hydrogens is 132 g/mol. The number of aliphatic hydroxyl groups is 1. The molecule has 3 nitrogen and oxygen atoms in total. The van der Waals surface area contributed by atoms with Crippen LogP contribution in [0.4, 0.5) is 0 Å². The third kappa shape index (κ3) is 3.10. The van der Waals surface area contributed by atoms with Crippen LogP contribution in [0.15, 0.2) is 0 Å². The molecule has 0 rings (SSSR count). The van der Waals surface area contributed by atoms with Crippen molar-refractivity contribution < 1.29 is 14.6 Å². The summed E-state index contributed by atoms with van der Waals surface area (Å²) in [6.07, 6.45) is 3.70. The molecular formula is C7H10O3. The summed E-state index contributed by atoms with van der Waals surface area (Å²) in [4.78, 5) is 10.6. The van der Waals surface area contributed by atoms with Crippen molar-refractivity contribution in [3.8, 4) is 12.3 Å². The molecule has 1 atom stereocenters. The Morgan fingerprint density at radius 3 is 2.90 bits per heavy atom. The summed E-state index contributed by atoms with van der Waals surface area (Å²) in [6, 6.07) is 0. The predicted octanol–water partition coefficient (Wildman–Crippen LogP) is -0.0663. The lowest BCUT2D eigenvalue weighted by Crippen LogP contribution is -2.22. The van der Waals surface area contributed by atoms with E-state index >= 15 is 0 Å². The van der Waals surface area contributed by atoms with E-state index in [2.05, 4.69) is 10.7 Å². The van der Waals surface area contributed by atoms with E-state index in [1.165, 1.54) is 0 Å². The van der Waals surface area contributed by atoms with Gasteiger partial charge in [-0.3, -0.25) is 0 Å². The van der Waals surface area contributed by atoms with Gasteiger partial charge in [0.25, 0.3) is 0 Å². The van der Waals surface area contributed by atoms with Gasteiger partial charge in [-0.25, -0.2) is 4.79 Å². The van der Waals surface area contributed by atoms with Gasteiger partial charge in [0.1, 0.15) is 0 Å². The molecule has 0 aromatic heterocycles. The molecule has 0 amide bonds. The fourth-order valence-electron chi connectivity index (χ4n) is 0.433. The SMILES string of the molecule is C#CC[C@@H](O)C(=O)OCC. The Bertz CT molecular complexity index is 145. The Balaban J connectivity index is 3.62. The Morgan fingerprint density at radius 2 is 2.50 bits per heavy atom. The van der Waals surface area contributed by atoms with Crippen molar-refractivity contribution in [2.24, 2.45) is 0 Å². The van der Waals surface area contributed by atoms with Gasteiger partial charge in [0.2, 0.25) is 0 Å². The Kier molecular flexibility index (Phi) is 4.34. The van der Waals surface area contributed by atoms with Crippen molar-refractivity contribution >= 4 is 5.97 Å². The summed E-state index contributed by atoms with van der Waals surface area (Å²) in [5, 5.41) is 8.83. The van der Waals surface area contributed by atoms with Crippen molar-refractivity contribution in [2.45, 2.75) is 19.4 Å².